The quantitative estimate of drug-likeness (QED) is 0.596. The van der Waals surface area contributed by atoms with E-state index in [-0.39, 0.29) is 11.9 Å². The van der Waals surface area contributed by atoms with Crippen molar-refractivity contribution in [1.29, 1.82) is 0 Å². The maximum atomic E-state index is 12.0. The summed E-state index contributed by atoms with van der Waals surface area (Å²) in [6, 6.07) is 9.72. The first-order valence-electron chi connectivity index (χ1n) is 9.93. The summed E-state index contributed by atoms with van der Waals surface area (Å²) < 4.78 is 6.98. The first-order valence-corrected chi connectivity index (χ1v) is 10.3. The number of hydrogen-bond donors (Lipinski definition) is 0. The molecule has 0 spiro atoms. The topological polar surface area (TPSA) is 72.6 Å². The number of nitrogens with zero attached hydrogens (tertiary/aromatic N) is 5. The Hall–Kier alpha value is -2.67. The predicted molar refractivity (Wildman–Crippen MR) is 111 cm³/mol. The lowest BCUT2D eigenvalue weighted by atomic mass is 9.97. The second-order valence-electron chi connectivity index (χ2n) is 7.31. The summed E-state index contributed by atoms with van der Waals surface area (Å²) >= 11 is 5.97. The number of esters is 1. The summed E-state index contributed by atoms with van der Waals surface area (Å²) in [7, 11) is 0. The smallest absolute Gasteiger partial charge is 0.309 e. The molecular weight excluding hydrogens is 390 g/mol. The molecule has 2 aromatic heterocycles. The van der Waals surface area contributed by atoms with Crippen LogP contribution >= 0.6 is 11.6 Å². The fraction of sp³-hybridized carbons (Fsp3) is 0.429. The van der Waals surface area contributed by atoms with Crippen LogP contribution in [0.1, 0.15) is 36.8 Å². The number of benzene rings is 1. The van der Waals surface area contributed by atoms with E-state index in [0.717, 1.165) is 43.0 Å². The lowest BCUT2D eigenvalue weighted by molar-refractivity contribution is -0.148. The van der Waals surface area contributed by atoms with E-state index in [0.29, 0.717) is 29.7 Å². The average Bonchev–Trinajstić information content (AvgIpc) is 3.11. The summed E-state index contributed by atoms with van der Waals surface area (Å²) in [5.74, 6) is 2.16. The van der Waals surface area contributed by atoms with Crippen molar-refractivity contribution in [3.05, 3.63) is 52.4 Å². The van der Waals surface area contributed by atoms with Gasteiger partial charge in [0.25, 0.3) is 5.78 Å². The highest BCUT2D eigenvalue weighted by atomic mass is 35.5. The minimum Gasteiger partial charge on any atom is -0.466 e. The van der Waals surface area contributed by atoms with Crippen molar-refractivity contribution in [2.24, 2.45) is 5.92 Å². The average molecular weight is 414 g/mol. The highest BCUT2D eigenvalue weighted by molar-refractivity contribution is 6.30. The molecule has 1 fully saturated rings. The van der Waals surface area contributed by atoms with Crippen molar-refractivity contribution < 1.29 is 9.53 Å². The third-order valence-electron chi connectivity index (χ3n) is 5.18. The van der Waals surface area contributed by atoms with Gasteiger partial charge in [-0.05, 0) is 44.4 Å². The van der Waals surface area contributed by atoms with Gasteiger partial charge in [-0.15, -0.1) is 5.10 Å². The Morgan fingerprint density at radius 2 is 1.93 bits per heavy atom. The van der Waals surface area contributed by atoms with Gasteiger partial charge in [-0.25, -0.2) is 4.98 Å². The maximum absolute atomic E-state index is 12.0. The summed E-state index contributed by atoms with van der Waals surface area (Å²) in [4.78, 5) is 23.4. The fourth-order valence-corrected chi connectivity index (χ4v) is 3.82. The molecule has 3 aromatic rings. The van der Waals surface area contributed by atoms with E-state index in [1.807, 2.05) is 48.7 Å². The normalized spacial score (nSPS) is 15.1. The molecule has 1 aliphatic rings. The molecule has 3 heterocycles. The number of carbonyl (C=O) groups is 1. The van der Waals surface area contributed by atoms with Crippen LogP contribution in [0, 0.1) is 12.8 Å². The fourth-order valence-electron chi connectivity index (χ4n) is 3.70. The Bertz CT molecular complexity index is 1010. The second-order valence-corrected chi connectivity index (χ2v) is 7.75. The van der Waals surface area contributed by atoms with E-state index in [2.05, 4.69) is 14.9 Å². The summed E-state index contributed by atoms with van der Waals surface area (Å²) in [5, 5.41) is 5.42. The molecule has 0 atom stereocenters. The molecule has 29 heavy (non-hydrogen) atoms. The molecule has 0 bridgehead atoms. The van der Waals surface area contributed by atoms with Gasteiger partial charge in [-0.2, -0.15) is 9.50 Å². The molecule has 1 aliphatic heterocycles. The number of aryl methyl sites for hydroxylation is 1. The van der Waals surface area contributed by atoms with E-state index in [1.54, 1.807) is 0 Å². The lowest BCUT2D eigenvalue weighted by Gasteiger charge is -2.32. The van der Waals surface area contributed by atoms with E-state index < -0.39 is 0 Å². The van der Waals surface area contributed by atoms with Gasteiger partial charge in [0.05, 0.1) is 12.5 Å². The van der Waals surface area contributed by atoms with Crippen LogP contribution < -0.4 is 4.90 Å². The molecule has 152 valence electrons. The number of hydrogen-bond acceptors (Lipinski definition) is 6. The van der Waals surface area contributed by atoms with E-state index in [9.17, 15) is 4.79 Å². The maximum Gasteiger partial charge on any atom is 0.309 e. The summed E-state index contributed by atoms with van der Waals surface area (Å²) in [6.45, 7) is 5.78. The van der Waals surface area contributed by atoms with Crippen LogP contribution in [0.5, 0.6) is 0 Å². The molecule has 0 radical (unpaired) electrons. The molecule has 8 heteroatoms. The van der Waals surface area contributed by atoms with Gasteiger partial charge in [-0.1, -0.05) is 23.7 Å². The van der Waals surface area contributed by atoms with E-state index in [4.69, 9.17) is 21.4 Å². The minimum atomic E-state index is -0.0887. The standard InChI is InChI=1S/C21H24ClN5O2/c1-3-29-20(28)16-8-10-26(11-9-16)19-12-14(2)23-21-24-18(25-27(19)21)13-15-4-6-17(22)7-5-15/h4-7,12,16H,3,8-11,13H2,1-2H3. The number of ether oxygens (including phenoxy) is 1. The van der Waals surface area contributed by atoms with E-state index in [1.165, 1.54) is 0 Å². The number of piperidine rings is 1. The van der Waals surface area contributed by atoms with Crippen LogP contribution in [0.25, 0.3) is 5.78 Å². The highest BCUT2D eigenvalue weighted by Gasteiger charge is 2.27. The number of fused-ring (bicyclic) bond motifs is 1. The van der Waals surface area contributed by atoms with Crippen LogP contribution in [-0.4, -0.2) is 45.2 Å². The molecule has 0 N–H and O–H groups in total. The zero-order valence-corrected chi connectivity index (χ0v) is 17.4. The first-order chi connectivity index (χ1) is 14.0. The monoisotopic (exact) mass is 413 g/mol. The van der Waals surface area contributed by atoms with Crippen molar-refractivity contribution >= 4 is 29.2 Å². The van der Waals surface area contributed by atoms with Crippen LogP contribution in [0.4, 0.5) is 5.82 Å². The molecule has 0 saturated carbocycles. The Morgan fingerprint density at radius 1 is 1.21 bits per heavy atom. The lowest BCUT2D eigenvalue weighted by Crippen LogP contribution is -2.38. The van der Waals surface area contributed by atoms with Gasteiger partial charge in [0.15, 0.2) is 5.82 Å². The van der Waals surface area contributed by atoms with E-state index >= 15 is 0 Å². The van der Waals surface area contributed by atoms with Crippen LogP contribution in [-0.2, 0) is 16.0 Å². The second kappa shape index (κ2) is 8.37. The van der Waals surface area contributed by atoms with Crippen molar-refractivity contribution in [3.63, 3.8) is 0 Å². The molecule has 0 unspecified atom stereocenters. The van der Waals surface area contributed by atoms with Crippen LogP contribution in [0.3, 0.4) is 0 Å². The molecule has 1 aromatic carbocycles. The molecule has 4 rings (SSSR count). The van der Waals surface area contributed by atoms with Crippen molar-refractivity contribution in [2.75, 3.05) is 24.6 Å². The Balaban J connectivity index is 1.56. The largest absolute Gasteiger partial charge is 0.466 e. The number of anilines is 1. The summed E-state index contributed by atoms with van der Waals surface area (Å²) in [5.41, 5.74) is 1.99. The Labute approximate surface area is 174 Å². The molecule has 0 amide bonds. The zero-order valence-electron chi connectivity index (χ0n) is 16.6. The van der Waals surface area contributed by atoms with Gasteiger partial charge in [0, 0.05) is 36.3 Å². The van der Waals surface area contributed by atoms with Crippen molar-refractivity contribution in [1.82, 2.24) is 19.6 Å². The summed E-state index contributed by atoms with van der Waals surface area (Å²) in [6.07, 6.45) is 2.16. The van der Waals surface area contributed by atoms with Gasteiger partial charge >= 0.3 is 5.97 Å². The van der Waals surface area contributed by atoms with Gasteiger partial charge in [-0.3, -0.25) is 4.79 Å². The van der Waals surface area contributed by atoms with Crippen LogP contribution in [0.2, 0.25) is 5.02 Å². The minimum absolute atomic E-state index is 0.0270. The van der Waals surface area contributed by atoms with Crippen molar-refractivity contribution in [2.45, 2.75) is 33.1 Å². The Kier molecular flexibility index (Phi) is 5.67. The number of halogens is 1. The van der Waals surface area contributed by atoms with Gasteiger partial charge < -0.3 is 9.64 Å². The molecule has 0 aliphatic carbocycles. The SMILES string of the molecule is CCOC(=O)C1CCN(c2cc(C)nc3nc(Cc4ccc(Cl)cc4)nn23)CC1. The number of carbonyl (C=O) groups excluding carboxylic acids is 1. The third kappa shape index (κ3) is 4.34. The zero-order chi connectivity index (χ0) is 20.4. The van der Waals surface area contributed by atoms with Crippen molar-refractivity contribution in [3.8, 4) is 0 Å². The molecule has 1 saturated heterocycles. The molecule has 7 nitrogen and oxygen atoms in total. The van der Waals surface area contributed by atoms with Gasteiger partial charge in [0.2, 0.25) is 0 Å². The third-order valence-corrected chi connectivity index (χ3v) is 5.43. The Morgan fingerprint density at radius 3 is 2.62 bits per heavy atom. The predicted octanol–water partition coefficient (Wildman–Crippen LogP) is 3.46. The van der Waals surface area contributed by atoms with Crippen LogP contribution in [0.15, 0.2) is 30.3 Å². The molecular formula is C21H24ClN5O2. The first kappa shape index (κ1) is 19.6. The number of rotatable bonds is 5. The van der Waals surface area contributed by atoms with Gasteiger partial charge in [0.1, 0.15) is 5.82 Å². The number of aromatic nitrogens is 4. The highest BCUT2D eigenvalue weighted by Crippen LogP contribution is 2.25.